The van der Waals surface area contributed by atoms with Gasteiger partial charge in [0.05, 0.1) is 6.61 Å². The van der Waals surface area contributed by atoms with Gasteiger partial charge in [-0.05, 0) is 96.5 Å². The molecule has 5 rings (SSSR count). The molecule has 196 valence electrons. The Bertz CT molecular complexity index is 1210. The van der Waals surface area contributed by atoms with Gasteiger partial charge in [-0.15, -0.1) is 11.6 Å². The molecule has 2 aromatic rings. The van der Waals surface area contributed by atoms with Crippen LogP contribution in [0.2, 0.25) is 0 Å². The molecule has 0 bridgehead atoms. The van der Waals surface area contributed by atoms with Gasteiger partial charge in [-0.25, -0.2) is 13.6 Å². The van der Waals surface area contributed by atoms with Gasteiger partial charge in [0.1, 0.15) is 11.6 Å². The summed E-state index contributed by atoms with van der Waals surface area (Å²) in [6.07, 6.45) is 8.72. The average Bonchev–Trinajstić information content (AvgIpc) is 2.89. The lowest BCUT2D eigenvalue weighted by Gasteiger charge is -2.47. The number of carbonyl (C=O) groups is 1. The van der Waals surface area contributed by atoms with Crippen LogP contribution in [0.3, 0.4) is 0 Å². The van der Waals surface area contributed by atoms with Crippen LogP contribution in [0.5, 0.6) is 0 Å². The minimum Gasteiger partial charge on any atom is -0.449 e. The van der Waals surface area contributed by atoms with E-state index in [1.165, 1.54) is 17.8 Å². The second-order valence-electron chi connectivity index (χ2n) is 10.5. The molecule has 1 N–H and O–H groups in total. The van der Waals surface area contributed by atoms with E-state index in [0.29, 0.717) is 31.0 Å². The molecule has 3 atom stereocenters. The molecule has 0 aromatic heterocycles. The molecule has 4 nitrogen and oxygen atoms in total. The first-order valence-corrected chi connectivity index (χ1v) is 13.6. The van der Waals surface area contributed by atoms with Crippen LogP contribution < -0.4 is 10.2 Å². The standard InChI is InChI=1S/C30H33ClF2N2O2/c1-30(12-8-22(33)9-13-30)27-11-16-35-15-10-24(20-4-6-21(32)7-5-20)25-18-23(19-26(27)28(25)35)34-29(36)37-17-3-2-14-31/h4-9,12,18-19,24,27H,2-3,10-11,13-17H2,1H3,(H,34,36)/t24-,27+,30?/m0/s1. The highest BCUT2D eigenvalue weighted by Crippen LogP contribution is 2.54. The number of unbranched alkanes of at least 4 members (excludes halogenated alkanes) is 1. The Morgan fingerprint density at radius 1 is 1.14 bits per heavy atom. The normalized spacial score (nSPS) is 24.3. The monoisotopic (exact) mass is 526 g/mol. The number of hydrogen-bond donors (Lipinski definition) is 1. The first-order valence-electron chi connectivity index (χ1n) is 13.1. The topological polar surface area (TPSA) is 41.6 Å². The summed E-state index contributed by atoms with van der Waals surface area (Å²) in [4.78, 5) is 15.0. The van der Waals surface area contributed by atoms with Crippen LogP contribution in [0.15, 0.2) is 60.5 Å². The van der Waals surface area contributed by atoms with Crippen molar-refractivity contribution in [1.82, 2.24) is 0 Å². The van der Waals surface area contributed by atoms with Crippen molar-refractivity contribution >= 4 is 29.1 Å². The van der Waals surface area contributed by atoms with Crippen LogP contribution in [0.1, 0.15) is 67.6 Å². The van der Waals surface area contributed by atoms with E-state index >= 15 is 0 Å². The fourth-order valence-electron chi connectivity index (χ4n) is 6.09. The van der Waals surface area contributed by atoms with E-state index in [1.807, 2.05) is 24.3 Å². The summed E-state index contributed by atoms with van der Waals surface area (Å²) in [6, 6.07) is 10.8. The molecule has 0 saturated heterocycles. The quantitative estimate of drug-likeness (QED) is 0.293. The molecule has 7 heteroatoms. The molecule has 2 aliphatic heterocycles. The van der Waals surface area contributed by atoms with E-state index < -0.39 is 6.09 Å². The van der Waals surface area contributed by atoms with Crippen LogP contribution in [0, 0.1) is 11.2 Å². The molecule has 0 saturated carbocycles. The van der Waals surface area contributed by atoms with Gasteiger partial charge in [0, 0.05) is 36.3 Å². The SMILES string of the molecule is CC1([C@@H]2CCN3CC[C@@H](c4ccc(F)cc4)c4cc(NC(=O)OCCCCCl)cc2c43)C=CC(F)=CC1. The first kappa shape index (κ1) is 25.8. The third-order valence-corrected chi connectivity index (χ3v) is 8.31. The molecular formula is C30H33ClF2N2O2. The molecule has 2 aromatic carbocycles. The lowest BCUT2D eigenvalue weighted by molar-refractivity contribution is 0.160. The van der Waals surface area contributed by atoms with E-state index in [4.69, 9.17) is 16.3 Å². The number of ether oxygens (including phenoxy) is 1. The smallest absolute Gasteiger partial charge is 0.411 e. The molecule has 0 radical (unpaired) electrons. The van der Waals surface area contributed by atoms with Crippen molar-refractivity contribution in [2.75, 3.05) is 35.8 Å². The highest BCUT2D eigenvalue weighted by Gasteiger charge is 2.41. The Hall–Kier alpha value is -2.86. The summed E-state index contributed by atoms with van der Waals surface area (Å²) >= 11 is 5.72. The summed E-state index contributed by atoms with van der Waals surface area (Å²) < 4.78 is 33.0. The first-order chi connectivity index (χ1) is 17.9. The van der Waals surface area contributed by atoms with Gasteiger partial charge in [-0.3, -0.25) is 5.32 Å². The second kappa shape index (κ2) is 10.9. The van der Waals surface area contributed by atoms with E-state index in [0.717, 1.165) is 49.0 Å². The number of alkyl halides is 1. The Morgan fingerprint density at radius 2 is 1.89 bits per heavy atom. The summed E-state index contributed by atoms with van der Waals surface area (Å²) in [7, 11) is 0. The Labute approximate surface area is 222 Å². The summed E-state index contributed by atoms with van der Waals surface area (Å²) in [5, 5.41) is 2.94. The van der Waals surface area contributed by atoms with Crippen LogP contribution in [0.4, 0.5) is 25.0 Å². The third-order valence-electron chi connectivity index (χ3n) is 8.05. The highest BCUT2D eigenvalue weighted by atomic mass is 35.5. The molecule has 3 aliphatic rings. The van der Waals surface area contributed by atoms with Gasteiger partial charge in [-0.1, -0.05) is 25.1 Å². The van der Waals surface area contributed by atoms with Crippen molar-refractivity contribution in [3.63, 3.8) is 0 Å². The number of amides is 1. The van der Waals surface area contributed by atoms with Crippen LogP contribution in [-0.2, 0) is 4.74 Å². The highest BCUT2D eigenvalue weighted by molar-refractivity contribution is 6.17. The lowest BCUT2D eigenvalue weighted by atomic mass is 9.65. The van der Waals surface area contributed by atoms with Gasteiger partial charge in [-0.2, -0.15) is 0 Å². The number of benzene rings is 2. The summed E-state index contributed by atoms with van der Waals surface area (Å²) in [5.74, 6) is 0.326. The number of nitrogens with zero attached hydrogens (tertiary/aromatic N) is 1. The Balaban J connectivity index is 1.54. The molecule has 1 amide bonds. The van der Waals surface area contributed by atoms with Crippen molar-refractivity contribution in [3.05, 3.63) is 83.0 Å². The predicted octanol–water partition coefficient (Wildman–Crippen LogP) is 8.04. The number of nitrogens with one attached hydrogen (secondary N) is 1. The molecule has 2 heterocycles. The van der Waals surface area contributed by atoms with E-state index in [1.54, 1.807) is 12.2 Å². The van der Waals surface area contributed by atoms with Gasteiger partial charge >= 0.3 is 6.09 Å². The van der Waals surface area contributed by atoms with Crippen molar-refractivity contribution in [3.8, 4) is 0 Å². The molecule has 1 aliphatic carbocycles. The zero-order chi connectivity index (χ0) is 26.0. The van der Waals surface area contributed by atoms with Crippen molar-refractivity contribution in [2.24, 2.45) is 5.41 Å². The lowest BCUT2D eigenvalue weighted by Crippen LogP contribution is -2.40. The average molecular weight is 527 g/mol. The van der Waals surface area contributed by atoms with Crippen LogP contribution >= 0.6 is 11.6 Å². The summed E-state index contributed by atoms with van der Waals surface area (Å²) in [6.45, 7) is 4.33. The van der Waals surface area contributed by atoms with E-state index in [-0.39, 0.29) is 28.9 Å². The van der Waals surface area contributed by atoms with Crippen molar-refractivity contribution in [2.45, 2.75) is 50.9 Å². The maximum absolute atomic E-state index is 13.9. The second-order valence-corrected chi connectivity index (χ2v) is 10.9. The predicted molar refractivity (Wildman–Crippen MR) is 145 cm³/mol. The fraction of sp³-hybridized carbons (Fsp3) is 0.433. The number of rotatable bonds is 7. The number of halogens is 3. The Kier molecular flexibility index (Phi) is 7.57. The van der Waals surface area contributed by atoms with Gasteiger partial charge < -0.3 is 9.64 Å². The number of hydrogen-bond acceptors (Lipinski definition) is 3. The van der Waals surface area contributed by atoms with Crippen molar-refractivity contribution < 1.29 is 18.3 Å². The minimum absolute atomic E-state index is 0.0814. The minimum atomic E-state index is -0.492. The van der Waals surface area contributed by atoms with E-state index in [9.17, 15) is 13.6 Å². The number of allylic oxidation sites excluding steroid dienone is 4. The van der Waals surface area contributed by atoms with E-state index in [2.05, 4.69) is 23.2 Å². The largest absolute Gasteiger partial charge is 0.449 e. The molecule has 37 heavy (non-hydrogen) atoms. The van der Waals surface area contributed by atoms with Gasteiger partial charge in [0.2, 0.25) is 0 Å². The maximum Gasteiger partial charge on any atom is 0.411 e. The fourth-order valence-corrected chi connectivity index (χ4v) is 6.28. The van der Waals surface area contributed by atoms with Gasteiger partial charge in [0.15, 0.2) is 0 Å². The van der Waals surface area contributed by atoms with Crippen LogP contribution in [0.25, 0.3) is 0 Å². The molecular weight excluding hydrogens is 494 g/mol. The molecule has 0 fully saturated rings. The number of anilines is 2. The van der Waals surface area contributed by atoms with Gasteiger partial charge in [0.25, 0.3) is 0 Å². The molecule has 1 unspecified atom stereocenters. The third kappa shape index (κ3) is 5.40. The summed E-state index contributed by atoms with van der Waals surface area (Å²) in [5.41, 5.74) is 4.99. The number of carbonyl (C=O) groups excluding carboxylic acids is 1. The van der Waals surface area contributed by atoms with Crippen molar-refractivity contribution in [1.29, 1.82) is 0 Å². The maximum atomic E-state index is 13.9. The van der Waals surface area contributed by atoms with Crippen LogP contribution in [-0.4, -0.2) is 31.7 Å². The zero-order valence-corrected chi connectivity index (χ0v) is 21.9. The molecule has 0 spiro atoms. The zero-order valence-electron chi connectivity index (χ0n) is 21.1. The Morgan fingerprint density at radius 3 is 2.62 bits per heavy atom.